The first-order valence-electron chi connectivity index (χ1n) is 5.42. The van der Waals surface area contributed by atoms with Crippen LogP contribution in [0, 0.1) is 11.3 Å². The van der Waals surface area contributed by atoms with Gasteiger partial charge in [-0.3, -0.25) is 0 Å². The molecule has 1 heterocycles. The third kappa shape index (κ3) is 3.75. The zero-order chi connectivity index (χ0) is 12.7. The van der Waals surface area contributed by atoms with Gasteiger partial charge in [-0.15, -0.1) is 5.10 Å². The van der Waals surface area contributed by atoms with Crippen LogP contribution in [0.4, 0.5) is 8.78 Å². The number of alkyl halides is 2. The first kappa shape index (κ1) is 13.5. The summed E-state index contributed by atoms with van der Waals surface area (Å²) in [5.41, 5.74) is 0.152. The molecule has 1 aromatic heterocycles. The minimum atomic E-state index is -2.58. The highest BCUT2D eigenvalue weighted by Crippen LogP contribution is 2.21. The molecule has 0 spiro atoms. The van der Waals surface area contributed by atoms with Crippen LogP contribution in [0.25, 0.3) is 0 Å². The molecule has 7 heteroatoms. The van der Waals surface area contributed by atoms with Crippen molar-refractivity contribution in [2.45, 2.75) is 38.8 Å². The summed E-state index contributed by atoms with van der Waals surface area (Å²) in [7, 11) is 1.67. The van der Waals surface area contributed by atoms with Gasteiger partial charge < -0.3 is 5.32 Å². The van der Waals surface area contributed by atoms with E-state index in [1.54, 1.807) is 7.05 Å². The Morgan fingerprint density at radius 1 is 1.47 bits per heavy atom. The molecule has 0 saturated heterocycles. The number of nitrogens with one attached hydrogen (secondary N) is 1. The van der Waals surface area contributed by atoms with E-state index >= 15 is 0 Å². The summed E-state index contributed by atoms with van der Waals surface area (Å²) >= 11 is 0. The molecule has 0 saturated carbocycles. The molecule has 0 aromatic carbocycles. The van der Waals surface area contributed by atoms with E-state index in [0.717, 1.165) is 0 Å². The fraction of sp³-hybridized carbons (Fsp3) is 0.700. The molecule has 0 aliphatic rings. The zero-order valence-electron chi connectivity index (χ0n) is 9.66. The Morgan fingerprint density at radius 3 is 2.82 bits per heavy atom. The Bertz CT molecular complexity index is 383. The topological polar surface area (TPSA) is 66.5 Å². The Kier molecular flexibility index (Phi) is 5.49. The lowest BCUT2D eigenvalue weighted by Crippen LogP contribution is -2.11. The Balaban J connectivity index is 2.68. The number of hydrogen-bond acceptors (Lipinski definition) is 4. The summed E-state index contributed by atoms with van der Waals surface area (Å²) in [5, 5.41) is 18.6. The van der Waals surface area contributed by atoms with E-state index in [-0.39, 0.29) is 17.9 Å². The molecule has 0 fully saturated rings. The highest BCUT2D eigenvalue weighted by Gasteiger charge is 2.20. The van der Waals surface area contributed by atoms with E-state index in [9.17, 15) is 8.78 Å². The monoisotopic (exact) mass is 243 g/mol. The van der Waals surface area contributed by atoms with Gasteiger partial charge in [0.25, 0.3) is 6.43 Å². The van der Waals surface area contributed by atoms with Gasteiger partial charge in [-0.05, 0) is 19.9 Å². The van der Waals surface area contributed by atoms with Gasteiger partial charge >= 0.3 is 0 Å². The predicted molar refractivity (Wildman–Crippen MR) is 57.2 cm³/mol. The van der Waals surface area contributed by atoms with Crippen LogP contribution in [-0.2, 0) is 13.1 Å². The summed E-state index contributed by atoms with van der Waals surface area (Å²) in [4.78, 5) is 0. The third-order valence-electron chi connectivity index (χ3n) is 2.31. The van der Waals surface area contributed by atoms with Crippen LogP contribution in [-0.4, -0.2) is 22.0 Å². The Labute approximate surface area is 98.4 Å². The number of halogens is 2. The lowest BCUT2D eigenvalue weighted by Gasteiger charge is -2.06. The van der Waals surface area contributed by atoms with Gasteiger partial charge in [-0.1, -0.05) is 5.21 Å². The van der Waals surface area contributed by atoms with Gasteiger partial charge in [-0.25, -0.2) is 13.5 Å². The first-order chi connectivity index (χ1) is 8.20. The van der Waals surface area contributed by atoms with Crippen molar-refractivity contribution in [3.05, 3.63) is 11.4 Å². The molecule has 0 atom stereocenters. The van der Waals surface area contributed by atoms with E-state index in [1.165, 1.54) is 4.68 Å². The van der Waals surface area contributed by atoms with Crippen LogP contribution in [0.5, 0.6) is 0 Å². The average Bonchev–Trinajstić information content (AvgIpc) is 2.68. The highest BCUT2D eigenvalue weighted by molar-refractivity contribution is 5.11. The minimum Gasteiger partial charge on any atom is -0.314 e. The van der Waals surface area contributed by atoms with Crippen LogP contribution in [0.15, 0.2) is 0 Å². The van der Waals surface area contributed by atoms with Crippen molar-refractivity contribution in [3.8, 4) is 6.07 Å². The van der Waals surface area contributed by atoms with Crippen molar-refractivity contribution in [3.63, 3.8) is 0 Å². The van der Waals surface area contributed by atoms with Crippen LogP contribution >= 0.6 is 0 Å². The van der Waals surface area contributed by atoms with Crippen molar-refractivity contribution in [1.29, 1.82) is 5.26 Å². The molecule has 0 aliphatic carbocycles. The van der Waals surface area contributed by atoms with Crippen molar-refractivity contribution < 1.29 is 8.78 Å². The number of aryl methyl sites for hydroxylation is 1. The first-order valence-corrected chi connectivity index (χ1v) is 5.42. The molecule has 0 bridgehead atoms. The van der Waals surface area contributed by atoms with Crippen molar-refractivity contribution in [1.82, 2.24) is 20.3 Å². The summed E-state index contributed by atoms with van der Waals surface area (Å²) in [6.07, 6.45) is -0.817. The maximum Gasteiger partial charge on any atom is 0.281 e. The number of rotatable bonds is 7. The zero-order valence-corrected chi connectivity index (χ0v) is 9.66. The quantitative estimate of drug-likeness (QED) is 0.739. The fourth-order valence-electron chi connectivity index (χ4n) is 1.52. The second kappa shape index (κ2) is 6.91. The van der Waals surface area contributed by atoms with Gasteiger partial charge in [0.2, 0.25) is 0 Å². The van der Waals surface area contributed by atoms with E-state index in [4.69, 9.17) is 5.26 Å². The van der Waals surface area contributed by atoms with Gasteiger partial charge in [0.05, 0.1) is 6.07 Å². The van der Waals surface area contributed by atoms with Crippen molar-refractivity contribution in [2.75, 3.05) is 7.05 Å². The average molecular weight is 243 g/mol. The molecule has 0 amide bonds. The number of nitriles is 1. The van der Waals surface area contributed by atoms with E-state index in [2.05, 4.69) is 15.6 Å². The number of nitrogens with zero attached hydrogens (tertiary/aromatic N) is 4. The fourth-order valence-corrected chi connectivity index (χ4v) is 1.52. The second-order valence-corrected chi connectivity index (χ2v) is 3.59. The van der Waals surface area contributed by atoms with Crippen molar-refractivity contribution >= 4 is 0 Å². The standard InChI is InChI=1S/C10H15F2N5/c1-14-7-8-9(10(11)12)17(16-15-8)6-4-2-3-5-13/h10,14H,2-4,6-7H2,1H3. The molecule has 0 unspecified atom stereocenters. The maximum absolute atomic E-state index is 12.8. The summed E-state index contributed by atoms with van der Waals surface area (Å²) < 4.78 is 26.9. The number of unbranched alkanes of at least 4 members (excludes halogenated alkanes) is 2. The molecule has 1 rings (SSSR count). The SMILES string of the molecule is CNCc1nnn(CCCCC#N)c1C(F)F. The maximum atomic E-state index is 12.8. The second-order valence-electron chi connectivity index (χ2n) is 3.59. The molecule has 94 valence electrons. The molecule has 0 radical (unpaired) electrons. The Morgan fingerprint density at radius 2 is 2.24 bits per heavy atom. The molecule has 5 nitrogen and oxygen atoms in total. The van der Waals surface area contributed by atoms with E-state index in [0.29, 0.717) is 25.8 Å². The molecular formula is C10H15F2N5. The Hall–Kier alpha value is -1.55. The van der Waals surface area contributed by atoms with Gasteiger partial charge in [-0.2, -0.15) is 5.26 Å². The van der Waals surface area contributed by atoms with E-state index < -0.39 is 6.43 Å². The molecule has 17 heavy (non-hydrogen) atoms. The van der Waals surface area contributed by atoms with Crippen LogP contribution in [0.3, 0.4) is 0 Å². The minimum absolute atomic E-state index is 0.128. The van der Waals surface area contributed by atoms with Gasteiger partial charge in [0, 0.05) is 19.5 Å². The summed E-state index contributed by atoms with van der Waals surface area (Å²) in [5.74, 6) is 0. The lowest BCUT2D eigenvalue weighted by atomic mass is 10.2. The van der Waals surface area contributed by atoms with Crippen LogP contribution < -0.4 is 5.32 Å². The van der Waals surface area contributed by atoms with Gasteiger partial charge in [0.15, 0.2) is 0 Å². The lowest BCUT2D eigenvalue weighted by molar-refractivity contribution is 0.137. The normalized spacial score (nSPS) is 10.8. The van der Waals surface area contributed by atoms with E-state index in [1.807, 2.05) is 6.07 Å². The summed E-state index contributed by atoms with van der Waals surface area (Å²) in [6, 6.07) is 2.01. The smallest absolute Gasteiger partial charge is 0.281 e. The largest absolute Gasteiger partial charge is 0.314 e. The van der Waals surface area contributed by atoms with Gasteiger partial charge in [0.1, 0.15) is 11.4 Å². The third-order valence-corrected chi connectivity index (χ3v) is 2.31. The molecule has 1 N–H and O–H groups in total. The number of aromatic nitrogens is 3. The number of hydrogen-bond donors (Lipinski definition) is 1. The van der Waals surface area contributed by atoms with Crippen LogP contribution in [0.1, 0.15) is 37.1 Å². The predicted octanol–water partition coefficient (Wildman–Crippen LogP) is 1.63. The molecule has 0 aliphatic heterocycles. The van der Waals surface area contributed by atoms with Crippen LogP contribution in [0.2, 0.25) is 0 Å². The highest BCUT2D eigenvalue weighted by atomic mass is 19.3. The summed E-state index contributed by atoms with van der Waals surface area (Å²) in [6.45, 7) is 0.649. The molecule has 1 aromatic rings. The molecular weight excluding hydrogens is 228 g/mol. The van der Waals surface area contributed by atoms with Crippen molar-refractivity contribution in [2.24, 2.45) is 0 Å².